The summed E-state index contributed by atoms with van der Waals surface area (Å²) < 4.78 is 18.7. The van der Waals surface area contributed by atoms with Crippen molar-refractivity contribution in [1.82, 2.24) is 0 Å². The maximum atomic E-state index is 13.2. The van der Waals surface area contributed by atoms with Crippen LogP contribution < -0.4 is 0 Å². The fourth-order valence-corrected chi connectivity index (χ4v) is 1.64. The summed E-state index contributed by atoms with van der Waals surface area (Å²) in [4.78, 5) is 0. The Kier molecular flexibility index (Phi) is 2.53. The highest BCUT2D eigenvalue weighted by Crippen LogP contribution is 2.34. The summed E-state index contributed by atoms with van der Waals surface area (Å²) in [6.07, 6.45) is 2.50. The van der Waals surface area contributed by atoms with Crippen LogP contribution in [0.25, 0.3) is 0 Å². The van der Waals surface area contributed by atoms with E-state index in [1.165, 1.54) is 0 Å². The molecule has 0 aromatic rings. The van der Waals surface area contributed by atoms with Crippen LogP contribution in [0.4, 0.5) is 4.39 Å². The first kappa shape index (κ1) is 8.98. The quantitative estimate of drug-likeness (QED) is 0.603. The van der Waals surface area contributed by atoms with E-state index in [1.54, 1.807) is 6.92 Å². The zero-order valence-corrected chi connectivity index (χ0v) is 7.56. The van der Waals surface area contributed by atoms with Crippen LogP contribution in [0.2, 0.25) is 0 Å². The van der Waals surface area contributed by atoms with Gasteiger partial charge >= 0.3 is 0 Å². The average molecular weight is 160 g/mol. The van der Waals surface area contributed by atoms with Crippen molar-refractivity contribution in [3.8, 4) is 0 Å². The van der Waals surface area contributed by atoms with Gasteiger partial charge in [0, 0.05) is 6.42 Å². The number of ether oxygens (including phenoxy) is 1. The summed E-state index contributed by atoms with van der Waals surface area (Å²) >= 11 is 0. The lowest BCUT2D eigenvalue weighted by Gasteiger charge is -2.16. The Bertz CT molecular complexity index is 132. The Labute approximate surface area is 67.9 Å². The van der Waals surface area contributed by atoms with Gasteiger partial charge in [0.15, 0.2) is 0 Å². The van der Waals surface area contributed by atoms with E-state index in [0.29, 0.717) is 12.8 Å². The smallest absolute Gasteiger partial charge is 0.110 e. The third-order valence-electron chi connectivity index (χ3n) is 2.11. The Morgan fingerprint density at radius 1 is 1.55 bits per heavy atom. The first-order chi connectivity index (χ1) is 4.99. The molecular weight excluding hydrogens is 143 g/mol. The van der Waals surface area contributed by atoms with Crippen LogP contribution in [0, 0.1) is 0 Å². The molecule has 0 aromatic carbocycles. The first-order valence-corrected chi connectivity index (χ1v) is 4.34. The predicted molar refractivity (Wildman–Crippen MR) is 43.4 cm³/mol. The van der Waals surface area contributed by atoms with E-state index in [-0.39, 0.29) is 12.2 Å². The highest BCUT2D eigenvalue weighted by molar-refractivity contribution is 4.86. The number of hydrogen-bond acceptors (Lipinski definition) is 1. The standard InChI is InChI=1S/C9H17FO/c1-7(2)11-8-4-5-9(3,10)6-8/h7-8H,4-6H2,1-3H3. The van der Waals surface area contributed by atoms with Crippen LogP contribution in [0.3, 0.4) is 0 Å². The van der Waals surface area contributed by atoms with E-state index in [4.69, 9.17) is 4.74 Å². The number of hydrogen-bond donors (Lipinski definition) is 0. The lowest BCUT2D eigenvalue weighted by Crippen LogP contribution is -2.18. The molecular formula is C9H17FO. The largest absolute Gasteiger partial charge is 0.375 e. The zero-order chi connectivity index (χ0) is 8.48. The van der Waals surface area contributed by atoms with Gasteiger partial charge in [-0.15, -0.1) is 0 Å². The second-order valence-corrected chi connectivity index (χ2v) is 3.96. The Morgan fingerprint density at radius 3 is 2.55 bits per heavy atom. The average Bonchev–Trinajstić information content (AvgIpc) is 2.08. The van der Waals surface area contributed by atoms with Crippen LogP contribution >= 0.6 is 0 Å². The van der Waals surface area contributed by atoms with E-state index < -0.39 is 5.67 Å². The second kappa shape index (κ2) is 3.10. The summed E-state index contributed by atoms with van der Waals surface area (Å²) in [5, 5.41) is 0. The fourth-order valence-electron chi connectivity index (χ4n) is 1.64. The second-order valence-electron chi connectivity index (χ2n) is 3.96. The minimum atomic E-state index is -0.973. The third-order valence-corrected chi connectivity index (χ3v) is 2.11. The molecule has 0 saturated heterocycles. The van der Waals surface area contributed by atoms with Crippen molar-refractivity contribution < 1.29 is 9.13 Å². The van der Waals surface area contributed by atoms with Crippen molar-refractivity contribution in [2.75, 3.05) is 0 Å². The van der Waals surface area contributed by atoms with Gasteiger partial charge in [0.2, 0.25) is 0 Å². The van der Waals surface area contributed by atoms with Crippen LogP contribution in [0.1, 0.15) is 40.0 Å². The molecule has 1 aliphatic carbocycles. The molecule has 1 fully saturated rings. The van der Waals surface area contributed by atoms with Crippen LogP contribution in [0.5, 0.6) is 0 Å². The molecule has 1 aliphatic rings. The minimum Gasteiger partial charge on any atom is -0.375 e. The fraction of sp³-hybridized carbons (Fsp3) is 1.00. The van der Waals surface area contributed by atoms with Crippen molar-refractivity contribution in [2.45, 2.75) is 57.9 Å². The van der Waals surface area contributed by atoms with Gasteiger partial charge in [-0.2, -0.15) is 0 Å². The van der Waals surface area contributed by atoms with Crippen LogP contribution in [-0.2, 0) is 4.74 Å². The van der Waals surface area contributed by atoms with Crippen molar-refractivity contribution in [3.63, 3.8) is 0 Å². The van der Waals surface area contributed by atoms with E-state index in [2.05, 4.69) is 0 Å². The van der Waals surface area contributed by atoms with Gasteiger partial charge in [-0.05, 0) is 33.6 Å². The van der Waals surface area contributed by atoms with Gasteiger partial charge in [-0.25, -0.2) is 4.39 Å². The van der Waals surface area contributed by atoms with Crippen LogP contribution in [-0.4, -0.2) is 17.9 Å². The molecule has 0 amide bonds. The van der Waals surface area contributed by atoms with Crippen molar-refractivity contribution in [2.24, 2.45) is 0 Å². The van der Waals surface area contributed by atoms with Gasteiger partial charge in [-0.3, -0.25) is 0 Å². The maximum Gasteiger partial charge on any atom is 0.110 e. The molecule has 0 aliphatic heterocycles. The van der Waals surface area contributed by atoms with Crippen molar-refractivity contribution >= 4 is 0 Å². The summed E-state index contributed by atoms with van der Waals surface area (Å²) in [5.74, 6) is 0. The summed E-state index contributed by atoms with van der Waals surface area (Å²) in [7, 11) is 0. The Balaban J connectivity index is 2.31. The molecule has 2 atom stereocenters. The molecule has 1 saturated carbocycles. The predicted octanol–water partition coefficient (Wildman–Crippen LogP) is 2.69. The van der Waals surface area contributed by atoms with E-state index >= 15 is 0 Å². The van der Waals surface area contributed by atoms with Crippen molar-refractivity contribution in [3.05, 3.63) is 0 Å². The molecule has 66 valence electrons. The molecule has 1 rings (SSSR count). The van der Waals surface area contributed by atoms with Gasteiger partial charge < -0.3 is 4.74 Å². The maximum absolute atomic E-state index is 13.2. The molecule has 2 heteroatoms. The number of rotatable bonds is 2. The zero-order valence-electron chi connectivity index (χ0n) is 7.56. The first-order valence-electron chi connectivity index (χ1n) is 4.34. The molecule has 0 bridgehead atoms. The SMILES string of the molecule is CC(C)OC1CCC(C)(F)C1. The van der Waals surface area contributed by atoms with Crippen molar-refractivity contribution in [1.29, 1.82) is 0 Å². The third kappa shape index (κ3) is 2.78. The van der Waals surface area contributed by atoms with E-state index in [0.717, 1.165) is 6.42 Å². The number of alkyl halides is 1. The highest BCUT2D eigenvalue weighted by Gasteiger charge is 2.35. The van der Waals surface area contributed by atoms with Gasteiger partial charge in [-0.1, -0.05) is 0 Å². The number of halogens is 1. The monoisotopic (exact) mass is 160 g/mol. The molecule has 11 heavy (non-hydrogen) atoms. The molecule has 0 radical (unpaired) electrons. The Hall–Kier alpha value is -0.110. The Morgan fingerprint density at radius 2 is 2.18 bits per heavy atom. The molecule has 0 aromatic heterocycles. The summed E-state index contributed by atoms with van der Waals surface area (Å²) in [5.41, 5.74) is -0.973. The van der Waals surface area contributed by atoms with E-state index in [1.807, 2.05) is 13.8 Å². The molecule has 0 N–H and O–H groups in total. The lowest BCUT2D eigenvalue weighted by molar-refractivity contribution is 0.00366. The minimum absolute atomic E-state index is 0.157. The topological polar surface area (TPSA) is 9.23 Å². The van der Waals surface area contributed by atoms with Gasteiger partial charge in [0.1, 0.15) is 5.67 Å². The van der Waals surface area contributed by atoms with Gasteiger partial charge in [0.05, 0.1) is 12.2 Å². The summed E-state index contributed by atoms with van der Waals surface area (Å²) in [6, 6.07) is 0. The normalized spacial score (nSPS) is 38.5. The highest BCUT2D eigenvalue weighted by atomic mass is 19.1. The summed E-state index contributed by atoms with van der Waals surface area (Å²) in [6.45, 7) is 5.65. The molecule has 1 nitrogen and oxygen atoms in total. The van der Waals surface area contributed by atoms with E-state index in [9.17, 15) is 4.39 Å². The molecule has 2 unspecified atom stereocenters. The van der Waals surface area contributed by atoms with Gasteiger partial charge in [0.25, 0.3) is 0 Å². The lowest BCUT2D eigenvalue weighted by atomic mass is 10.1. The van der Waals surface area contributed by atoms with Crippen LogP contribution in [0.15, 0.2) is 0 Å². The molecule has 0 heterocycles. The molecule has 0 spiro atoms.